The molecule has 0 fully saturated rings. The Hall–Kier alpha value is -1.64. The average Bonchev–Trinajstić information content (AvgIpc) is 2.45. The van der Waals surface area contributed by atoms with Crippen LogP contribution in [0.5, 0.6) is 0 Å². The van der Waals surface area contributed by atoms with Crippen molar-refractivity contribution < 1.29 is 9.53 Å². The summed E-state index contributed by atoms with van der Waals surface area (Å²) in [4.78, 5) is 16.1. The molecule has 0 radical (unpaired) electrons. The molecule has 22 heavy (non-hydrogen) atoms. The molecule has 122 valence electrons. The van der Waals surface area contributed by atoms with Crippen LogP contribution in [0.4, 0.5) is 5.69 Å². The molecule has 0 unspecified atom stereocenters. The van der Waals surface area contributed by atoms with Crippen molar-refractivity contribution in [1.29, 1.82) is 0 Å². The summed E-state index contributed by atoms with van der Waals surface area (Å²) in [5, 5.41) is 0. The molecule has 0 saturated heterocycles. The highest BCUT2D eigenvalue weighted by Gasteiger charge is 2.11. The van der Waals surface area contributed by atoms with E-state index in [0.717, 1.165) is 6.42 Å². The van der Waals surface area contributed by atoms with Crippen LogP contribution in [0.2, 0.25) is 0 Å². The van der Waals surface area contributed by atoms with Crippen LogP contribution in [-0.4, -0.2) is 19.3 Å². The summed E-state index contributed by atoms with van der Waals surface area (Å²) in [5.74, 6) is 0.266. The number of para-hydroxylation sites is 1. The maximum atomic E-state index is 11.7. The van der Waals surface area contributed by atoms with Gasteiger partial charge in [0.25, 0.3) is 0 Å². The Morgan fingerprint density at radius 2 is 2.00 bits per heavy atom. The van der Waals surface area contributed by atoms with Gasteiger partial charge in [-0.1, -0.05) is 52.7 Å². The molecule has 0 aromatic heterocycles. The monoisotopic (exact) mass is 303 g/mol. The Labute approximate surface area is 134 Å². The third kappa shape index (κ3) is 6.88. The molecular weight excluding hydrogens is 274 g/mol. The fourth-order valence-electron chi connectivity index (χ4n) is 2.30. The van der Waals surface area contributed by atoms with E-state index in [2.05, 4.69) is 32.7 Å². The van der Waals surface area contributed by atoms with E-state index in [-0.39, 0.29) is 5.97 Å². The van der Waals surface area contributed by atoms with Crippen molar-refractivity contribution in [3.8, 4) is 0 Å². The number of esters is 1. The Bertz CT molecular complexity index is 500. The van der Waals surface area contributed by atoms with Crippen LogP contribution in [0.15, 0.2) is 29.3 Å². The molecule has 0 saturated carbocycles. The van der Waals surface area contributed by atoms with E-state index in [1.807, 2.05) is 24.4 Å². The first-order valence-corrected chi connectivity index (χ1v) is 8.03. The van der Waals surface area contributed by atoms with Crippen molar-refractivity contribution in [2.24, 2.45) is 16.3 Å². The number of rotatable bonds is 7. The van der Waals surface area contributed by atoms with Crippen LogP contribution in [0.3, 0.4) is 0 Å². The van der Waals surface area contributed by atoms with E-state index < -0.39 is 0 Å². The Morgan fingerprint density at radius 3 is 2.64 bits per heavy atom. The van der Waals surface area contributed by atoms with Crippen LogP contribution in [0.25, 0.3) is 0 Å². The molecule has 1 aromatic carbocycles. The molecule has 3 nitrogen and oxygen atoms in total. The van der Waals surface area contributed by atoms with E-state index in [1.165, 1.54) is 26.4 Å². The van der Waals surface area contributed by atoms with E-state index >= 15 is 0 Å². The van der Waals surface area contributed by atoms with Gasteiger partial charge in [-0.3, -0.25) is 4.99 Å². The number of aliphatic imine (C=N–C) groups is 1. The lowest BCUT2D eigenvalue weighted by molar-refractivity contribution is 0.0601. The second-order valence-corrected chi connectivity index (χ2v) is 7.11. The number of nitrogens with zero attached hydrogens (tertiary/aromatic N) is 1. The quantitative estimate of drug-likeness (QED) is 0.498. The molecule has 1 aromatic rings. The molecular formula is C19H29NO2. The number of ether oxygens (including phenoxy) is 1. The molecule has 0 aliphatic heterocycles. The molecule has 3 heteroatoms. The van der Waals surface area contributed by atoms with Crippen LogP contribution in [0.1, 0.15) is 63.7 Å². The molecule has 0 N–H and O–H groups in total. The van der Waals surface area contributed by atoms with Gasteiger partial charge in [0.1, 0.15) is 0 Å². The first-order chi connectivity index (χ1) is 10.3. The van der Waals surface area contributed by atoms with Gasteiger partial charge in [0.2, 0.25) is 0 Å². The van der Waals surface area contributed by atoms with Gasteiger partial charge in [0.15, 0.2) is 0 Å². The zero-order chi connectivity index (χ0) is 16.6. The highest BCUT2D eigenvalue weighted by Crippen LogP contribution is 2.24. The van der Waals surface area contributed by atoms with Gasteiger partial charge in [-0.05, 0) is 36.3 Å². The van der Waals surface area contributed by atoms with Crippen LogP contribution in [-0.2, 0) is 4.74 Å². The molecule has 1 rings (SSSR count). The molecule has 0 spiro atoms. The second kappa shape index (κ2) is 8.72. The zero-order valence-electron chi connectivity index (χ0n) is 14.6. The number of methoxy groups -OCH3 is 1. The van der Waals surface area contributed by atoms with E-state index in [4.69, 9.17) is 4.74 Å². The summed E-state index contributed by atoms with van der Waals surface area (Å²) in [7, 11) is 1.39. The number of benzene rings is 1. The van der Waals surface area contributed by atoms with Gasteiger partial charge < -0.3 is 4.74 Å². The second-order valence-electron chi connectivity index (χ2n) is 7.11. The van der Waals surface area contributed by atoms with Crippen molar-refractivity contribution in [3.63, 3.8) is 0 Å². The summed E-state index contributed by atoms with van der Waals surface area (Å²) in [6.07, 6.45) is 6.56. The number of carbonyl (C=O) groups is 1. The minimum Gasteiger partial charge on any atom is -0.465 e. The summed E-state index contributed by atoms with van der Waals surface area (Å²) in [6.45, 7) is 9.09. The molecule has 0 aliphatic carbocycles. The SMILES string of the molecule is COC(=O)c1ccccc1N=CC[C@H](C)CCCC(C)(C)C. The first-order valence-electron chi connectivity index (χ1n) is 8.03. The summed E-state index contributed by atoms with van der Waals surface area (Å²) in [5.41, 5.74) is 1.60. The third-order valence-electron chi connectivity index (χ3n) is 3.67. The van der Waals surface area contributed by atoms with Gasteiger partial charge in [-0.15, -0.1) is 0 Å². The largest absolute Gasteiger partial charge is 0.465 e. The van der Waals surface area contributed by atoms with Crippen molar-refractivity contribution in [2.75, 3.05) is 7.11 Å². The minimum absolute atomic E-state index is 0.342. The standard InChI is InChI=1S/C19H29NO2/c1-15(9-8-13-19(2,3)4)12-14-20-17-11-7-6-10-16(17)18(21)22-5/h6-7,10-11,14-15H,8-9,12-13H2,1-5H3/t15-/m1/s1. The van der Waals surface area contributed by atoms with Gasteiger partial charge >= 0.3 is 5.97 Å². The van der Waals surface area contributed by atoms with Crippen molar-refractivity contribution in [3.05, 3.63) is 29.8 Å². The molecule has 1 atom stereocenters. The van der Waals surface area contributed by atoms with Crippen molar-refractivity contribution >= 4 is 17.9 Å². The third-order valence-corrected chi connectivity index (χ3v) is 3.67. The maximum Gasteiger partial charge on any atom is 0.340 e. The topological polar surface area (TPSA) is 38.7 Å². The lowest BCUT2D eigenvalue weighted by Crippen LogP contribution is -2.06. The van der Waals surface area contributed by atoms with Crippen LogP contribution >= 0.6 is 0 Å². The van der Waals surface area contributed by atoms with Crippen molar-refractivity contribution in [1.82, 2.24) is 0 Å². The van der Waals surface area contributed by atoms with Crippen molar-refractivity contribution in [2.45, 2.75) is 53.4 Å². The highest BCUT2D eigenvalue weighted by molar-refractivity contribution is 5.95. The molecule has 0 aliphatic rings. The van der Waals surface area contributed by atoms with E-state index in [9.17, 15) is 4.79 Å². The lowest BCUT2D eigenvalue weighted by Gasteiger charge is -2.18. The predicted octanol–water partition coefficient (Wildman–Crippen LogP) is 5.42. The van der Waals surface area contributed by atoms with Crippen LogP contribution in [0, 0.1) is 11.3 Å². The first kappa shape index (κ1) is 18.4. The normalized spacial score (nSPS) is 13.3. The fourth-order valence-corrected chi connectivity index (χ4v) is 2.30. The van der Waals surface area contributed by atoms with Gasteiger partial charge in [-0.25, -0.2) is 4.79 Å². The molecule has 0 bridgehead atoms. The maximum absolute atomic E-state index is 11.7. The van der Waals surface area contributed by atoms with Gasteiger partial charge in [-0.2, -0.15) is 0 Å². The van der Waals surface area contributed by atoms with Gasteiger partial charge in [0, 0.05) is 6.21 Å². The van der Waals surface area contributed by atoms with E-state index in [0.29, 0.717) is 22.6 Å². The molecule has 0 amide bonds. The Kier molecular flexibility index (Phi) is 7.30. The van der Waals surface area contributed by atoms with E-state index in [1.54, 1.807) is 6.07 Å². The smallest absolute Gasteiger partial charge is 0.340 e. The average molecular weight is 303 g/mol. The lowest BCUT2D eigenvalue weighted by atomic mass is 9.88. The van der Waals surface area contributed by atoms with Gasteiger partial charge in [0.05, 0.1) is 18.4 Å². The summed E-state index contributed by atoms with van der Waals surface area (Å²) >= 11 is 0. The summed E-state index contributed by atoms with van der Waals surface area (Å²) in [6, 6.07) is 7.28. The highest BCUT2D eigenvalue weighted by atomic mass is 16.5. The zero-order valence-corrected chi connectivity index (χ0v) is 14.6. The Morgan fingerprint density at radius 1 is 1.32 bits per heavy atom. The summed E-state index contributed by atoms with van der Waals surface area (Å²) < 4.78 is 4.78. The number of hydrogen-bond acceptors (Lipinski definition) is 3. The number of hydrogen-bond donors (Lipinski definition) is 0. The number of carbonyl (C=O) groups excluding carboxylic acids is 1. The minimum atomic E-state index is -0.342. The predicted molar refractivity (Wildman–Crippen MR) is 93.0 cm³/mol. The molecule has 0 heterocycles. The Balaban J connectivity index is 2.50. The van der Waals surface area contributed by atoms with Crippen LogP contribution < -0.4 is 0 Å². The fraction of sp³-hybridized carbons (Fsp3) is 0.579.